The number of hydrogen-bond acceptors (Lipinski definition) is 3. The summed E-state index contributed by atoms with van der Waals surface area (Å²) in [4.78, 5) is 13.0. The van der Waals surface area contributed by atoms with Crippen LogP contribution in [0, 0.1) is 0 Å². The van der Waals surface area contributed by atoms with Crippen LogP contribution in [-0.4, -0.2) is 14.3 Å². The van der Waals surface area contributed by atoms with Crippen molar-refractivity contribution >= 4 is 54.0 Å². The van der Waals surface area contributed by atoms with E-state index in [-0.39, 0.29) is 16.1 Å². The van der Waals surface area contributed by atoms with E-state index in [4.69, 9.17) is 0 Å². The summed E-state index contributed by atoms with van der Waals surface area (Å²) in [6.45, 7) is 0. The highest BCUT2D eigenvalue weighted by Crippen LogP contribution is 2.24. The fourth-order valence-electron chi connectivity index (χ4n) is 3.05. The number of sulfonamides is 1. The monoisotopic (exact) mass is 480 g/mol. The third-order valence-electron chi connectivity index (χ3n) is 4.55. The van der Waals surface area contributed by atoms with Crippen molar-refractivity contribution in [3.05, 3.63) is 101 Å². The van der Waals surface area contributed by atoms with E-state index in [9.17, 15) is 13.2 Å². The van der Waals surface area contributed by atoms with Gasteiger partial charge in [-0.1, -0.05) is 58.4 Å². The van der Waals surface area contributed by atoms with Gasteiger partial charge >= 0.3 is 0 Å². The molecule has 0 saturated carbocycles. The van der Waals surface area contributed by atoms with Crippen LogP contribution in [0.3, 0.4) is 0 Å². The number of fused-ring (bicyclic) bond motifs is 1. The van der Waals surface area contributed by atoms with E-state index in [1.165, 1.54) is 12.1 Å². The van der Waals surface area contributed by atoms with Crippen molar-refractivity contribution in [1.82, 2.24) is 0 Å². The minimum absolute atomic E-state index is 0.107. The van der Waals surface area contributed by atoms with Crippen molar-refractivity contribution in [3.63, 3.8) is 0 Å². The lowest BCUT2D eigenvalue weighted by Gasteiger charge is -2.13. The Morgan fingerprint density at radius 1 is 0.767 bits per heavy atom. The van der Waals surface area contributed by atoms with Crippen LogP contribution in [0.25, 0.3) is 10.8 Å². The van der Waals surface area contributed by atoms with E-state index < -0.39 is 15.9 Å². The minimum Gasteiger partial charge on any atom is -0.322 e. The molecular formula is C23H17BrN2O3S. The van der Waals surface area contributed by atoms with Gasteiger partial charge in [0.05, 0.1) is 16.1 Å². The lowest BCUT2D eigenvalue weighted by molar-refractivity contribution is 0.102. The number of carbonyl (C=O) groups excluding carboxylic acids is 1. The number of carbonyl (C=O) groups is 1. The lowest BCUT2D eigenvalue weighted by atomic mass is 10.1. The number of para-hydroxylation sites is 1. The third-order valence-corrected chi connectivity index (χ3v) is 6.46. The maximum Gasteiger partial charge on any atom is 0.261 e. The predicted octanol–water partition coefficient (Wildman–Crippen LogP) is 5.66. The summed E-state index contributed by atoms with van der Waals surface area (Å²) in [5.41, 5.74) is 1.06. The highest BCUT2D eigenvalue weighted by atomic mass is 79.9. The van der Waals surface area contributed by atoms with Gasteiger partial charge in [-0.25, -0.2) is 8.42 Å². The van der Waals surface area contributed by atoms with Crippen molar-refractivity contribution in [2.75, 3.05) is 10.0 Å². The zero-order valence-electron chi connectivity index (χ0n) is 15.7. The molecule has 0 aliphatic carbocycles. The lowest BCUT2D eigenvalue weighted by Crippen LogP contribution is -2.18. The summed E-state index contributed by atoms with van der Waals surface area (Å²) in [5.74, 6) is -0.403. The summed E-state index contributed by atoms with van der Waals surface area (Å²) in [6, 6.07) is 26.2. The van der Waals surface area contributed by atoms with Crippen molar-refractivity contribution in [3.8, 4) is 0 Å². The van der Waals surface area contributed by atoms with Crippen molar-refractivity contribution < 1.29 is 13.2 Å². The van der Waals surface area contributed by atoms with Crippen molar-refractivity contribution in [2.45, 2.75) is 4.90 Å². The van der Waals surface area contributed by atoms with E-state index in [1.807, 2.05) is 42.5 Å². The molecule has 7 heteroatoms. The Morgan fingerprint density at radius 2 is 1.43 bits per heavy atom. The molecule has 0 spiro atoms. The van der Waals surface area contributed by atoms with E-state index >= 15 is 0 Å². The van der Waals surface area contributed by atoms with Gasteiger partial charge in [-0.3, -0.25) is 9.52 Å². The largest absolute Gasteiger partial charge is 0.322 e. The van der Waals surface area contributed by atoms with Gasteiger partial charge in [0, 0.05) is 10.2 Å². The first kappa shape index (κ1) is 20.1. The summed E-state index contributed by atoms with van der Waals surface area (Å²) in [6.07, 6.45) is 0. The molecule has 150 valence electrons. The summed E-state index contributed by atoms with van der Waals surface area (Å²) < 4.78 is 28.8. The number of benzene rings is 4. The number of halogens is 1. The Hall–Kier alpha value is -3.16. The Kier molecular flexibility index (Phi) is 5.57. The zero-order valence-corrected chi connectivity index (χ0v) is 18.1. The highest BCUT2D eigenvalue weighted by Gasteiger charge is 2.18. The Morgan fingerprint density at radius 3 is 2.20 bits per heavy atom. The van der Waals surface area contributed by atoms with Crippen LogP contribution in [0.1, 0.15) is 10.4 Å². The van der Waals surface area contributed by atoms with Gasteiger partial charge in [0.15, 0.2) is 0 Å². The molecule has 1 amide bonds. The van der Waals surface area contributed by atoms with Crippen molar-refractivity contribution in [2.24, 2.45) is 0 Å². The number of hydrogen-bond donors (Lipinski definition) is 2. The summed E-state index contributed by atoms with van der Waals surface area (Å²) in [7, 11) is -3.84. The van der Waals surface area contributed by atoms with Crippen LogP contribution >= 0.6 is 15.9 Å². The zero-order chi connectivity index (χ0) is 21.1. The average molecular weight is 481 g/mol. The van der Waals surface area contributed by atoms with Crippen LogP contribution < -0.4 is 10.0 Å². The fraction of sp³-hybridized carbons (Fsp3) is 0. The molecular weight excluding hydrogens is 464 g/mol. The molecule has 0 aromatic heterocycles. The SMILES string of the molecule is O=C(Nc1ccc2ccccc2c1)c1ccccc1NS(=O)(=O)c1ccc(Br)cc1. The second kappa shape index (κ2) is 8.30. The molecule has 0 radical (unpaired) electrons. The number of amides is 1. The molecule has 0 atom stereocenters. The second-order valence-electron chi connectivity index (χ2n) is 6.62. The highest BCUT2D eigenvalue weighted by molar-refractivity contribution is 9.10. The molecule has 0 bridgehead atoms. The summed E-state index contributed by atoms with van der Waals surface area (Å²) in [5, 5.41) is 4.91. The van der Waals surface area contributed by atoms with Gasteiger partial charge in [0.25, 0.3) is 15.9 Å². The van der Waals surface area contributed by atoms with Crippen molar-refractivity contribution in [1.29, 1.82) is 0 Å². The molecule has 0 aliphatic rings. The van der Waals surface area contributed by atoms with Crippen LogP contribution in [0.4, 0.5) is 11.4 Å². The molecule has 4 aromatic rings. The molecule has 4 rings (SSSR count). The van der Waals surface area contributed by atoms with Gasteiger partial charge in [0.2, 0.25) is 0 Å². The maximum atomic E-state index is 12.9. The van der Waals surface area contributed by atoms with Gasteiger partial charge in [-0.05, 0) is 59.3 Å². The average Bonchev–Trinajstić information content (AvgIpc) is 2.74. The first-order valence-electron chi connectivity index (χ1n) is 9.10. The molecule has 0 fully saturated rings. The Balaban J connectivity index is 1.60. The molecule has 30 heavy (non-hydrogen) atoms. The number of nitrogens with one attached hydrogen (secondary N) is 2. The molecule has 5 nitrogen and oxygen atoms in total. The van der Waals surface area contributed by atoms with Gasteiger partial charge in [0.1, 0.15) is 0 Å². The van der Waals surface area contributed by atoms with E-state index in [0.717, 1.165) is 15.2 Å². The number of anilines is 2. The number of rotatable bonds is 5. The topological polar surface area (TPSA) is 75.3 Å². The molecule has 0 unspecified atom stereocenters. The summed E-state index contributed by atoms with van der Waals surface area (Å²) >= 11 is 3.29. The van der Waals surface area contributed by atoms with Crippen LogP contribution in [-0.2, 0) is 10.0 Å². The Bertz CT molecular complexity index is 1340. The second-order valence-corrected chi connectivity index (χ2v) is 9.22. The standard InChI is InChI=1S/C23H17BrN2O3S/c24-18-10-13-20(14-11-18)30(28,29)26-22-8-4-3-7-21(22)23(27)25-19-12-9-16-5-1-2-6-17(16)15-19/h1-15,26H,(H,25,27). The first-order chi connectivity index (χ1) is 14.4. The van der Waals surface area contributed by atoms with E-state index in [1.54, 1.807) is 36.4 Å². The molecule has 0 heterocycles. The van der Waals surface area contributed by atoms with Gasteiger partial charge in [-0.2, -0.15) is 0 Å². The van der Waals surface area contributed by atoms with Gasteiger partial charge < -0.3 is 5.32 Å². The van der Waals surface area contributed by atoms with Crippen LogP contribution in [0.2, 0.25) is 0 Å². The first-order valence-corrected chi connectivity index (χ1v) is 11.4. The molecule has 0 aliphatic heterocycles. The third kappa shape index (κ3) is 4.37. The quantitative estimate of drug-likeness (QED) is 0.387. The van der Waals surface area contributed by atoms with E-state index in [0.29, 0.717) is 5.69 Å². The minimum atomic E-state index is -3.84. The Labute approximate surface area is 182 Å². The predicted molar refractivity (Wildman–Crippen MR) is 123 cm³/mol. The van der Waals surface area contributed by atoms with Crippen LogP contribution in [0.15, 0.2) is 100 Å². The molecule has 2 N–H and O–H groups in total. The maximum absolute atomic E-state index is 12.9. The molecule has 0 saturated heterocycles. The fourth-order valence-corrected chi connectivity index (χ4v) is 4.40. The van der Waals surface area contributed by atoms with E-state index in [2.05, 4.69) is 26.0 Å². The normalized spacial score (nSPS) is 11.2. The smallest absolute Gasteiger partial charge is 0.261 e. The van der Waals surface area contributed by atoms with Gasteiger partial charge in [-0.15, -0.1) is 0 Å². The van der Waals surface area contributed by atoms with Crippen LogP contribution in [0.5, 0.6) is 0 Å². The molecule has 4 aromatic carbocycles.